The Morgan fingerprint density at radius 1 is 1.10 bits per heavy atom. The molecule has 2 aromatic carbocycles. The summed E-state index contributed by atoms with van der Waals surface area (Å²) in [6, 6.07) is 13.1. The first-order valence-corrected chi connectivity index (χ1v) is 11.7. The van der Waals surface area contributed by atoms with Crippen molar-refractivity contribution in [3.05, 3.63) is 54.1 Å². The Labute approximate surface area is 179 Å². The number of ether oxygens (including phenoxy) is 1. The maximum Gasteiger partial charge on any atom is 0.264 e. The zero-order chi connectivity index (χ0) is 21.9. The van der Waals surface area contributed by atoms with Gasteiger partial charge in [0.1, 0.15) is 5.75 Å². The largest absolute Gasteiger partial charge is 0.497 e. The topological polar surface area (TPSA) is 75.7 Å². The highest BCUT2D eigenvalue weighted by atomic mass is 32.2. The lowest BCUT2D eigenvalue weighted by Gasteiger charge is -2.34. The van der Waals surface area contributed by atoms with Crippen LogP contribution in [0.3, 0.4) is 0 Å². The first kappa shape index (κ1) is 22.2. The van der Waals surface area contributed by atoms with E-state index in [9.17, 15) is 13.2 Å². The van der Waals surface area contributed by atoms with Crippen molar-refractivity contribution < 1.29 is 17.9 Å². The molecule has 0 aromatic heterocycles. The van der Waals surface area contributed by atoms with E-state index >= 15 is 0 Å². The van der Waals surface area contributed by atoms with Gasteiger partial charge in [0.15, 0.2) is 0 Å². The summed E-state index contributed by atoms with van der Waals surface area (Å²) in [6.45, 7) is 4.38. The third kappa shape index (κ3) is 4.61. The number of hydrogen-bond acceptors (Lipinski definition) is 4. The fourth-order valence-electron chi connectivity index (χ4n) is 3.92. The van der Waals surface area contributed by atoms with E-state index in [0.29, 0.717) is 28.8 Å². The van der Waals surface area contributed by atoms with Crippen molar-refractivity contribution >= 4 is 21.6 Å². The van der Waals surface area contributed by atoms with Crippen molar-refractivity contribution in [2.45, 2.75) is 44.0 Å². The van der Waals surface area contributed by atoms with E-state index in [1.54, 1.807) is 43.5 Å². The number of carbonyl (C=O) groups is 1. The smallest absolute Gasteiger partial charge is 0.264 e. The predicted molar refractivity (Wildman–Crippen MR) is 118 cm³/mol. The number of hydrogen-bond donors (Lipinski definition) is 1. The highest BCUT2D eigenvalue weighted by Crippen LogP contribution is 2.30. The summed E-state index contributed by atoms with van der Waals surface area (Å²) in [7, 11) is -0.756. The Kier molecular flexibility index (Phi) is 6.71. The SMILES string of the molecule is COc1ccc(N(C)S(=O)(=O)c2cccc(C(=O)N[C@@H]3CCC[C@H](C)[C@@H]3C)c2)cc1. The molecule has 2 aromatic rings. The number of anilines is 1. The van der Waals surface area contributed by atoms with Gasteiger partial charge in [-0.25, -0.2) is 8.42 Å². The number of rotatable bonds is 6. The van der Waals surface area contributed by atoms with Crippen LogP contribution < -0.4 is 14.4 Å². The Morgan fingerprint density at radius 2 is 1.80 bits per heavy atom. The summed E-state index contributed by atoms with van der Waals surface area (Å²) >= 11 is 0. The van der Waals surface area contributed by atoms with Gasteiger partial charge in [-0.15, -0.1) is 0 Å². The van der Waals surface area contributed by atoms with Crippen molar-refractivity contribution in [1.29, 1.82) is 0 Å². The maximum atomic E-state index is 13.1. The molecule has 7 heteroatoms. The molecule has 0 unspecified atom stereocenters. The number of amides is 1. The lowest BCUT2D eigenvalue weighted by Crippen LogP contribution is -2.43. The van der Waals surface area contributed by atoms with Crippen LogP contribution in [0.15, 0.2) is 53.4 Å². The van der Waals surface area contributed by atoms with Gasteiger partial charge < -0.3 is 10.1 Å². The molecule has 1 saturated carbocycles. The van der Waals surface area contributed by atoms with Crippen LogP contribution in [-0.4, -0.2) is 34.5 Å². The zero-order valence-corrected chi connectivity index (χ0v) is 18.8. The summed E-state index contributed by atoms with van der Waals surface area (Å²) in [5.74, 6) is 1.38. The van der Waals surface area contributed by atoms with Gasteiger partial charge in [0.2, 0.25) is 0 Å². The van der Waals surface area contributed by atoms with E-state index in [1.807, 2.05) is 0 Å². The van der Waals surface area contributed by atoms with Crippen molar-refractivity contribution in [3.63, 3.8) is 0 Å². The second-order valence-electron chi connectivity index (χ2n) is 8.05. The number of sulfonamides is 1. The van der Waals surface area contributed by atoms with Gasteiger partial charge in [-0.2, -0.15) is 0 Å². The number of nitrogens with one attached hydrogen (secondary N) is 1. The van der Waals surface area contributed by atoms with Crippen LogP contribution in [0.1, 0.15) is 43.5 Å². The molecule has 0 aliphatic heterocycles. The molecule has 1 aliphatic carbocycles. The molecule has 1 N–H and O–H groups in total. The Hall–Kier alpha value is -2.54. The Bertz CT molecular complexity index is 989. The molecule has 1 fully saturated rings. The molecule has 3 rings (SSSR count). The summed E-state index contributed by atoms with van der Waals surface area (Å²) < 4.78 is 32.5. The van der Waals surface area contributed by atoms with Crippen molar-refractivity contribution in [2.24, 2.45) is 11.8 Å². The third-order valence-corrected chi connectivity index (χ3v) is 8.00. The van der Waals surface area contributed by atoms with Crippen molar-refractivity contribution in [3.8, 4) is 5.75 Å². The van der Waals surface area contributed by atoms with Gasteiger partial charge in [-0.3, -0.25) is 9.10 Å². The third-order valence-electron chi connectivity index (χ3n) is 6.21. The minimum atomic E-state index is -3.81. The van der Waals surface area contributed by atoms with Crippen LogP contribution in [0.2, 0.25) is 0 Å². The van der Waals surface area contributed by atoms with E-state index in [4.69, 9.17) is 4.74 Å². The Morgan fingerprint density at radius 3 is 2.47 bits per heavy atom. The second-order valence-corrected chi connectivity index (χ2v) is 10.0. The zero-order valence-electron chi connectivity index (χ0n) is 18.0. The molecule has 3 atom stereocenters. The average Bonchev–Trinajstić information content (AvgIpc) is 2.76. The molecule has 0 bridgehead atoms. The lowest BCUT2D eigenvalue weighted by atomic mass is 9.78. The molecule has 1 aliphatic rings. The molecule has 1 amide bonds. The normalized spacial score (nSPS) is 21.7. The molecule has 162 valence electrons. The van der Waals surface area contributed by atoms with Gasteiger partial charge in [0.05, 0.1) is 17.7 Å². The van der Waals surface area contributed by atoms with E-state index in [2.05, 4.69) is 19.2 Å². The highest BCUT2D eigenvalue weighted by molar-refractivity contribution is 7.92. The van der Waals surface area contributed by atoms with Gasteiger partial charge in [0.25, 0.3) is 15.9 Å². The van der Waals surface area contributed by atoms with Gasteiger partial charge in [-0.05, 0) is 60.7 Å². The van der Waals surface area contributed by atoms with Crippen LogP contribution in [0.5, 0.6) is 5.75 Å². The van der Waals surface area contributed by atoms with Gasteiger partial charge in [-0.1, -0.05) is 32.8 Å². The van der Waals surface area contributed by atoms with Crippen LogP contribution in [0.25, 0.3) is 0 Å². The summed E-state index contributed by atoms with van der Waals surface area (Å²) in [4.78, 5) is 12.9. The average molecular weight is 431 g/mol. The van der Waals surface area contributed by atoms with Crippen molar-refractivity contribution in [2.75, 3.05) is 18.5 Å². The van der Waals surface area contributed by atoms with Gasteiger partial charge in [0, 0.05) is 18.7 Å². The Balaban J connectivity index is 1.80. The standard InChI is InChI=1S/C23H30N2O4S/c1-16-7-5-10-22(17(16)2)24-23(26)18-8-6-9-21(15-18)30(27,28)25(3)19-11-13-20(29-4)14-12-19/h6,8-9,11-17,22H,5,7,10H2,1-4H3,(H,24,26)/t16-,17-,22+/m0/s1. The van der Waals surface area contributed by atoms with Crippen molar-refractivity contribution in [1.82, 2.24) is 5.32 Å². The minimum absolute atomic E-state index is 0.0820. The maximum absolute atomic E-state index is 13.1. The van der Waals surface area contributed by atoms with Crippen LogP contribution in [0, 0.1) is 11.8 Å². The number of nitrogens with zero attached hydrogens (tertiary/aromatic N) is 1. The molecule has 0 radical (unpaired) electrons. The molecule has 0 heterocycles. The van der Waals surface area contributed by atoms with Gasteiger partial charge >= 0.3 is 0 Å². The van der Waals surface area contributed by atoms with Crippen LogP contribution >= 0.6 is 0 Å². The molecule has 0 spiro atoms. The first-order chi connectivity index (χ1) is 14.2. The van der Waals surface area contributed by atoms with Crippen LogP contribution in [-0.2, 0) is 10.0 Å². The summed E-state index contributed by atoms with van der Waals surface area (Å²) in [6.07, 6.45) is 3.23. The first-order valence-electron chi connectivity index (χ1n) is 10.3. The van der Waals surface area contributed by atoms with E-state index in [1.165, 1.54) is 29.9 Å². The number of methoxy groups -OCH3 is 1. The summed E-state index contributed by atoms with van der Waals surface area (Å²) in [5.41, 5.74) is 0.861. The molecule has 6 nitrogen and oxygen atoms in total. The summed E-state index contributed by atoms with van der Waals surface area (Å²) in [5, 5.41) is 3.11. The molecule has 30 heavy (non-hydrogen) atoms. The van der Waals surface area contributed by atoms with E-state index < -0.39 is 10.0 Å². The minimum Gasteiger partial charge on any atom is -0.497 e. The highest BCUT2D eigenvalue weighted by Gasteiger charge is 2.29. The van der Waals surface area contributed by atoms with Crippen LogP contribution in [0.4, 0.5) is 5.69 Å². The molecular formula is C23H30N2O4S. The predicted octanol–water partition coefficient (Wildman–Crippen LogP) is 4.07. The molecular weight excluding hydrogens is 400 g/mol. The molecule has 0 saturated heterocycles. The second kappa shape index (κ2) is 9.08. The monoisotopic (exact) mass is 430 g/mol. The quantitative estimate of drug-likeness (QED) is 0.749. The fraction of sp³-hybridized carbons (Fsp3) is 0.435. The fourth-order valence-corrected chi connectivity index (χ4v) is 5.17. The lowest BCUT2D eigenvalue weighted by molar-refractivity contribution is 0.0891. The number of benzene rings is 2. The van der Waals surface area contributed by atoms with E-state index in [-0.39, 0.29) is 16.8 Å². The van der Waals surface area contributed by atoms with E-state index in [0.717, 1.165) is 12.8 Å². The number of carbonyl (C=O) groups excluding carboxylic acids is 1.